The zero-order valence-electron chi connectivity index (χ0n) is 17.2. The molecule has 1 aromatic rings. The Morgan fingerprint density at radius 3 is 2.78 bits per heavy atom. The topological polar surface area (TPSA) is 52.6 Å². The summed E-state index contributed by atoms with van der Waals surface area (Å²) in [6.07, 6.45) is 9.19. The van der Waals surface area contributed by atoms with Crippen molar-refractivity contribution in [2.45, 2.75) is 77.8 Å². The van der Waals surface area contributed by atoms with E-state index in [1.807, 2.05) is 13.0 Å². The van der Waals surface area contributed by atoms with Gasteiger partial charge in [-0.3, -0.25) is 9.69 Å². The maximum absolute atomic E-state index is 12.4. The molecule has 1 aromatic carbocycles. The van der Waals surface area contributed by atoms with Crippen LogP contribution in [0, 0.1) is 18.8 Å². The highest BCUT2D eigenvalue weighted by Gasteiger charge is 2.38. The molecule has 1 amide bonds. The van der Waals surface area contributed by atoms with Gasteiger partial charge in [0.15, 0.2) is 0 Å². The van der Waals surface area contributed by atoms with Crippen LogP contribution in [-0.4, -0.2) is 41.1 Å². The number of rotatable bonds is 6. The van der Waals surface area contributed by atoms with Crippen molar-refractivity contribution in [2.75, 3.05) is 13.1 Å². The minimum Gasteiger partial charge on any atom is -0.507 e. The van der Waals surface area contributed by atoms with Crippen LogP contribution in [0.25, 0.3) is 0 Å². The van der Waals surface area contributed by atoms with Gasteiger partial charge in [-0.15, -0.1) is 0 Å². The first-order valence-electron chi connectivity index (χ1n) is 10.8. The summed E-state index contributed by atoms with van der Waals surface area (Å²) < 4.78 is 0. The third-order valence-corrected chi connectivity index (χ3v) is 6.60. The zero-order chi connectivity index (χ0) is 19.4. The summed E-state index contributed by atoms with van der Waals surface area (Å²) in [5, 5.41) is 12.9. The number of benzene rings is 1. The molecule has 1 saturated carbocycles. The van der Waals surface area contributed by atoms with Crippen molar-refractivity contribution < 1.29 is 9.90 Å². The molecule has 0 aromatic heterocycles. The van der Waals surface area contributed by atoms with Crippen molar-refractivity contribution in [3.63, 3.8) is 0 Å². The normalized spacial score (nSPS) is 26.0. The first-order chi connectivity index (χ1) is 13.0. The van der Waals surface area contributed by atoms with Crippen molar-refractivity contribution in [3.8, 4) is 5.75 Å². The maximum Gasteiger partial charge on any atom is 0.255 e. The summed E-state index contributed by atoms with van der Waals surface area (Å²) in [6.45, 7) is 8.35. The van der Waals surface area contributed by atoms with Gasteiger partial charge in [0.2, 0.25) is 0 Å². The smallest absolute Gasteiger partial charge is 0.255 e. The van der Waals surface area contributed by atoms with Crippen LogP contribution in [0.15, 0.2) is 18.2 Å². The lowest BCUT2D eigenvalue weighted by Gasteiger charge is -2.50. The van der Waals surface area contributed by atoms with Gasteiger partial charge in [0.25, 0.3) is 5.91 Å². The molecule has 150 valence electrons. The van der Waals surface area contributed by atoms with E-state index in [0.717, 1.165) is 30.5 Å². The summed E-state index contributed by atoms with van der Waals surface area (Å²) in [5.74, 6) is 1.45. The summed E-state index contributed by atoms with van der Waals surface area (Å²) in [6, 6.07) is 6.58. The number of hydrogen-bond donors (Lipinski definition) is 2. The van der Waals surface area contributed by atoms with Crippen LogP contribution in [-0.2, 0) is 0 Å². The second-order valence-corrected chi connectivity index (χ2v) is 8.87. The lowest BCUT2D eigenvalue weighted by atomic mass is 9.74. The Balaban J connectivity index is 1.54. The van der Waals surface area contributed by atoms with Gasteiger partial charge in [-0.25, -0.2) is 0 Å². The zero-order valence-corrected chi connectivity index (χ0v) is 17.2. The molecule has 0 bridgehead atoms. The average molecular weight is 373 g/mol. The molecule has 2 fully saturated rings. The third kappa shape index (κ3) is 4.84. The van der Waals surface area contributed by atoms with Crippen molar-refractivity contribution >= 4 is 5.91 Å². The van der Waals surface area contributed by atoms with Gasteiger partial charge in [-0.1, -0.05) is 38.3 Å². The number of carbonyl (C=O) groups is 1. The Labute approximate surface area is 164 Å². The SMILES string of the molecule is Cc1ccc(O)c(C(=O)NCCCN2[C@H](C(C)C)CC[C@@H]3CCCC[C@@H]32)c1. The molecule has 3 atom stereocenters. The Bertz CT molecular complexity index is 643. The van der Waals surface area contributed by atoms with Crippen LogP contribution in [0.5, 0.6) is 5.75 Å². The largest absolute Gasteiger partial charge is 0.507 e. The summed E-state index contributed by atoms with van der Waals surface area (Å²) in [4.78, 5) is 15.2. The predicted octanol–water partition coefficient (Wildman–Crippen LogP) is 4.50. The second-order valence-electron chi connectivity index (χ2n) is 8.87. The van der Waals surface area contributed by atoms with Crippen molar-refractivity contribution in [1.29, 1.82) is 0 Å². The molecule has 1 saturated heterocycles. The lowest BCUT2D eigenvalue weighted by Crippen LogP contribution is -2.54. The van der Waals surface area contributed by atoms with E-state index < -0.39 is 0 Å². The van der Waals surface area contributed by atoms with E-state index in [1.165, 1.54) is 38.5 Å². The van der Waals surface area contributed by atoms with E-state index in [0.29, 0.717) is 24.1 Å². The van der Waals surface area contributed by atoms with E-state index in [-0.39, 0.29) is 11.7 Å². The molecule has 0 unspecified atom stereocenters. The molecular formula is C23H36N2O2. The van der Waals surface area contributed by atoms with E-state index in [4.69, 9.17) is 0 Å². The number of piperidine rings is 1. The van der Waals surface area contributed by atoms with Crippen LogP contribution < -0.4 is 5.32 Å². The van der Waals surface area contributed by atoms with E-state index in [9.17, 15) is 9.90 Å². The fourth-order valence-corrected chi connectivity index (χ4v) is 5.20. The number of phenolic OH excluding ortho intramolecular Hbond substituents is 1. The molecule has 3 rings (SSSR count). The monoisotopic (exact) mass is 372 g/mol. The highest BCUT2D eigenvalue weighted by molar-refractivity contribution is 5.96. The molecule has 1 heterocycles. The average Bonchev–Trinajstić information content (AvgIpc) is 2.66. The number of phenols is 1. The van der Waals surface area contributed by atoms with Crippen LogP contribution >= 0.6 is 0 Å². The molecule has 2 aliphatic rings. The standard InChI is InChI=1S/C23H36N2O2/c1-16(2)20-11-10-18-7-4-5-8-21(18)25(20)14-6-13-24-23(27)19-15-17(3)9-12-22(19)26/h9,12,15-16,18,20-21,26H,4-8,10-11,13-14H2,1-3H3,(H,24,27)/t18-,20-,21-/m0/s1. The molecule has 0 radical (unpaired) electrons. The van der Waals surface area contributed by atoms with Gasteiger partial charge in [0, 0.05) is 25.2 Å². The summed E-state index contributed by atoms with van der Waals surface area (Å²) in [7, 11) is 0. The Morgan fingerprint density at radius 1 is 1.22 bits per heavy atom. The maximum atomic E-state index is 12.4. The highest BCUT2D eigenvalue weighted by Crippen LogP contribution is 2.39. The molecule has 4 nitrogen and oxygen atoms in total. The van der Waals surface area contributed by atoms with E-state index >= 15 is 0 Å². The Hall–Kier alpha value is -1.55. The van der Waals surface area contributed by atoms with E-state index in [2.05, 4.69) is 24.1 Å². The van der Waals surface area contributed by atoms with Gasteiger partial charge in [-0.2, -0.15) is 0 Å². The number of nitrogens with one attached hydrogen (secondary N) is 1. The number of nitrogens with zero attached hydrogens (tertiary/aromatic N) is 1. The van der Waals surface area contributed by atoms with Gasteiger partial charge in [-0.05, 0) is 63.0 Å². The number of fused-ring (bicyclic) bond motifs is 1. The van der Waals surface area contributed by atoms with Gasteiger partial charge >= 0.3 is 0 Å². The Morgan fingerprint density at radius 2 is 2.00 bits per heavy atom. The van der Waals surface area contributed by atoms with Gasteiger partial charge < -0.3 is 10.4 Å². The number of aryl methyl sites for hydroxylation is 1. The van der Waals surface area contributed by atoms with Crippen molar-refractivity contribution in [2.24, 2.45) is 11.8 Å². The van der Waals surface area contributed by atoms with Crippen molar-refractivity contribution in [1.82, 2.24) is 10.2 Å². The Kier molecular flexibility index (Phi) is 6.80. The van der Waals surface area contributed by atoms with Gasteiger partial charge in [0.1, 0.15) is 5.75 Å². The minimum atomic E-state index is -0.175. The molecular weight excluding hydrogens is 336 g/mol. The molecule has 2 N–H and O–H groups in total. The number of amides is 1. The molecule has 1 aliphatic heterocycles. The predicted molar refractivity (Wildman–Crippen MR) is 110 cm³/mol. The third-order valence-electron chi connectivity index (χ3n) is 6.60. The minimum absolute atomic E-state index is 0.0547. The number of hydrogen-bond acceptors (Lipinski definition) is 3. The summed E-state index contributed by atoms with van der Waals surface area (Å²) in [5.41, 5.74) is 1.36. The molecule has 27 heavy (non-hydrogen) atoms. The van der Waals surface area contributed by atoms with Crippen molar-refractivity contribution in [3.05, 3.63) is 29.3 Å². The first-order valence-corrected chi connectivity index (χ1v) is 10.8. The summed E-state index contributed by atoms with van der Waals surface area (Å²) >= 11 is 0. The molecule has 0 spiro atoms. The van der Waals surface area contributed by atoms with Crippen LogP contribution in [0.4, 0.5) is 0 Å². The fourth-order valence-electron chi connectivity index (χ4n) is 5.20. The fraction of sp³-hybridized carbons (Fsp3) is 0.696. The molecule has 4 heteroatoms. The molecule has 1 aliphatic carbocycles. The number of likely N-dealkylation sites (tertiary alicyclic amines) is 1. The van der Waals surface area contributed by atoms with Crippen LogP contribution in [0.1, 0.15) is 74.7 Å². The number of aromatic hydroxyl groups is 1. The second kappa shape index (κ2) is 9.09. The first kappa shape index (κ1) is 20.2. The van der Waals surface area contributed by atoms with Gasteiger partial charge in [0.05, 0.1) is 5.56 Å². The van der Waals surface area contributed by atoms with E-state index in [1.54, 1.807) is 12.1 Å². The lowest BCUT2D eigenvalue weighted by molar-refractivity contribution is -0.00387. The quantitative estimate of drug-likeness (QED) is 0.723. The number of carbonyl (C=O) groups excluding carboxylic acids is 1. The van der Waals surface area contributed by atoms with Crippen LogP contribution in [0.2, 0.25) is 0 Å². The highest BCUT2D eigenvalue weighted by atomic mass is 16.3. The van der Waals surface area contributed by atoms with Crippen LogP contribution in [0.3, 0.4) is 0 Å².